The van der Waals surface area contributed by atoms with Gasteiger partial charge in [0, 0.05) is 11.6 Å². The summed E-state index contributed by atoms with van der Waals surface area (Å²) in [6, 6.07) is 12.5. The van der Waals surface area contributed by atoms with Crippen molar-refractivity contribution in [1.29, 1.82) is 0 Å². The fourth-order valence-electron chi connectivity index (χ4n) is 4.34. The molecule has 1 unspecified atom stereocenters. The van der Waals surface area contributed by atoms with E-state index in [4.69, 9.17) is 0 Å². The molecule has 0 fully saturated rings. The Morgan fingerprint density at radius 3 is 2.21 bits per heavy atom. The van der Waals surface area contributed by atoms with E-state index in [-0.39, 0.29) is 16.8 Å². The molecular formula is C27H22F5N3O3. The van der Waals surface area contributed by atoms with Crippen LogP contribution in [0, 0.1) is 11.6 Å². The van der Waals surface area contributed by atoms with E-state index >= 15 is 0 Å². The summed E-state index contributed by atoms with van der Waals surface area (Å²) < 4.78 is 67.3. The number of anilines is 1. The quantitative estimate of drug-likeness (QED) is 0.462. The summed E-state index contributed by atoms with van der Waals surface area (Å²) in [4.78, 5) is 39.5. The average Bonchev–Trinajstić information content (AvgIpc) is 2.92. The highest BCUT2D eigenvalue weighted by atomic mass is 19.4. The molecule has 2 atom stereocenters. The second kappa shape index (κ2) is 10.6. The van der Waals surface area contributed by atoms with Crippen LogP contribution in [0.15, 0.2) is 66.7 Å². The van der Waals surface area contributed by atoms with Crippen LogP contribution in [0.5, 0.6) is 0 Å². The molecule has 0 saturated carbocycles. The van der Waals surface area contributed by atoms with Crippen LogP contribution in [0.25, 0.3) is 11.1 Å². The minimum Gasteiger partial charge on any atom is -0.344 e. The van der Waals surface area contributed by atoms with Gasteiger partial charge in [0.25, 0.3) is 5.91 Å². The zero-order chi connectivity index (χ0) is 27.6. The second-order valence-corrected chi connectivity index (χ2v) is 8.83. The summed E-state index contributed by atoms with van der Waals surface area (Å²) in [6.07, 6.45) is -5.14. The number of para-hydroxylation sites is 1. The molecule has 0 aromatic heterocycles. The Balaban J connectivity index is 1.59. The van der Waals surface area contributed by atoms with Crippen molar-refractivity contribution in [1.82, 2.24) is 10.6 Å². The minimum atomic E-state index is -4.72. The molecule has 198 valence electrons. The summed E-state index contributed by atoms with van der Waals surface area (Å²) in [7, 11) is 0. The van der Waals surface area contributed by atoms with E-state index in [1.54, 1.807) is 30.3 Å². The van der Waals surface area contributed by atoms with Crippen molar-refractivity contribution in [3.05, 3.63) is 89.5 Å². The lowest BCUT2D eigenvalue weighted by atomic mass is 9.95. The number of rotatable bonds is 6. The first-order valence-corrected chi connectivity index (χ1v) is 11.5. The normalized spacial score (nSPS) is 15.7. The van der Waals surface area contributed by atoms with E-state index in [2.05, 4.69) is 10.6 Å². The maximum atomic E-state index is 13.5. The fourth-order valence-corrected chi connectivity index (χ4v) is 4.34. The number of fused-ring (bicyclic) bond motifs is 3. The Bertz CT molecular complexity index is 1370. The zero-order valence-electron chi connectivity index (χ0n) is 20.0. The van der Waals surface area contributed by atoms with Gasteiger partial charge in [0.1, 0.15) is 30.3 Å². The third kappa shape index (κ3) is 5.99. The number of carbonyl (C=O) groups excluding carboxylic acids is 3. The maximum Gasteiger partial charge on any atom is 0.406 e. The highest BCUT2D eigenvalue weighted by Crippen LogP contribution is 2.41. The van der Waals surface area contributed by atoms with Gasteiger partial charge >= 0.3 is 6.18 Å². The van der Waals surface area contributed by atoms with Gasteiger partial charge in [-0.1, -0.05) is 42.5 Å². The lowest BCUT2D eigenvalue weighted by Gasteiger charge is -2.28. The number of hydrogen-bond donors (Lipinski definition) is 2. The molecule has 11 heteroatoms. The molecular weight excluding hydrogens is 509 g/mol. The van der Waals surface area contributed by atoms with Crippen molar-refractivity contribution in [2.45, 2.75) is 31.6 Å². The van der Waals surface area contributed by atoms with Crippen LogP contribution in [-0.2, 0) is 20.8 Å². The monoisotopic (exact) mass is 531 g/mol. The van der Waals surface area contributed by atoms with Gasteiger partial charge in [0.2, 0.25) is 11.8 Å². The van der Waals surface area contributed by atoms with Crippen LogP contribution >= 0.6 is 0 Å². The van der Waals surface area contributed by atoms with Crippen LogP contribution < -0.4 is 15.5 Å². The molecule has 38 heavy (non-hydrogen) atoms. The average molecular weight is 531 g/mol. The number of amides is 3. The van der Waals surface area contributed by atoms with Crippen LogP contribution in [-0.4, -0.2) is 36.5 Å². The lowest BCUT2D eigenvalue weighted by Crippen LogP contribution is -2.50. The molecule has 0 bridgehead atoms. The Morgan fingerprint density at radius 1 is 0.947 bits per heavy atom. The highest BCUT2D eigenvalue weighted by Gasteiger charge is 2.41. The number of alkyl halides is 3. The molecule has 4 rings (SSSR count). The van der Waals surface area contributed by atoms with E-state index < -0.39 is 60.6 Å². The highest BCUT2D eigenvalue weighted by molar-refractivity contribution is 6.06. The summed E-state index contributed by atoms with van der Waals surface area (Å²) in [5.41, 5.74) is 1.23. The molecule has 3 aromatic rings. The van der Waals surface area contributed by atoms with E-state index in [9.17, 15) is 36.3 Å². The van der Waals surface area contributed by atoms with Gasteiger partial charge < -0.3 is 15.5 Å². The van der Waals surface area contributed by atoms with Crippen LogP contribution in [0.3, 0.4) is 0 Å². The molecule has 0 saturated heterocycles. The predicted molar refractivity (Wildman–Crippen MR) is 129 cm³/mol. The first-order chi connectivity index (χ1) is 17.9. The Hall–Kier alpha value is -4.28. The summed E-state index contributed by atoms with van der Waals surface area (Å²) in [5, 5.41) is 4.85. The van der Waals surface area contributed by atoms with Crippen LogP contribution in [0.1, 0.15) is 24.1 Å². The first kappa shape index (κ1) is 26.8. The summed E-state index contributed by atoms with van der Waals surface area (Å²) in [6.45, 7) is -0.256. The van der Waals surface area contributed by atoms with Gasteiger partial charge in [-0.3, -0.25) is 14.4 Å². The van der Waals surface area contributed by atoms with Gasteiger partial charge in [0.15, 0.2) is 0 Å². The van der Waals surface area contributed by atoms with E-state index in [1.807, 2.05) is 0 Å². The molecule has 1 aliphatic heterocycles. The standard InChI is InChI=1S/C27H22F5N3O3/c1-15(33-23(36)12-16-10-17(28)13-18(29)11-16)25(37)34-24-21-8-3-2-6-19(21)20-7-4-5-9-22(20)35(26(24)38)14-27(30,31)32/h2-11,13,15,24H,12,14H2,1H3,(H,33,36)(H,34,37)/t15-,24?/m0/s1. The SMILES string of the molecule is C[C@H](NC(=O)Cc1cc(F)cc(F)c1)C(=O)NC1C(=O)N(CC(F)(F)F)c2ccccc2-c2ccccc21. The van der Waals surface area contributed by atoms with Crippen molar-refractivity contribution in [2.24, 2.45) is 0 Å². The summed E-state index contributed by atoms with van der Waals surface area (Å²) >= 11 is 0. The number of hydrogen-bond acceptors (Lipinski definition) is 3. The molecule has 6 nitrogen and oxygen atoms in total. The lowest BCUT2D eigenvalue weighted by molar-refractivity contribution is -0.136. The van der Waals surface area contributed by atoms with Gasteiger partial charge in [-0.25, -0.2) is 8.78 Å². The maximum absolute atomic E-state index is 13.5. The molecule has 0 radical (unpaired) electrons. The zero-order valence-corrected chi connectivity index (χ0v) is 20.0. The number of halogens is 5. The molecule has 3 aromatic carbocycles. The summed E-state index contributed by atoms with van der Waals surface area (Å²) in [5.74, 6) is -4.30. The number of nitrogens with zero attached hydrogens (tertiary/aromatic N) is 1. The second-order valence-electron chi connectivity index (χ2n) is 8.83. The van der Waals surface area contributed by atoms with Crippen molar-refractivity contribution < 1.29 is 36.3 Å². The number of carbonyl (C=O) groups is 3. The van der Waals surface area contributed by atoms with Crippen LogP contribution in [0.2, 0.25) is 0 Å². The smallest absolute Gasteiger partial charge is 0.344 e. The van der Waals surface area contributed by atoms with Crippen molar-refractivity contribution in [3.8, 4) is 11.1 Å². The molecule has 0 spiro atoms. The van der Waals surface area contributed by atoms with E-state index in [1.165, 1.54) is 25.1 Å². The predicted octanol–water partition coefficient (Wildman–Crippen LogP) is 4.45. The Labute approximate surface area is 214 Å². The first-order valence-electron chi connectivity index (χ1n) is 11.5. The number of benzene rings is 3. The van der Waals surface area contributed by atoms with Crippen LogP contribution in [0.4, 0.5) is 27.6 Å². The van der Waals surface area contributed by atoms with Gasteiger partial charge in [-0.05, 0) is 41.8 Å². The molecule has 0 aliphatic carbocycles. The van der Waals surface area contributed by atoms with E-state index in [0.29, 0.717) is 22.1 Å². The van der Waals surface area contributed by atoms with Gasteiger partial charge in [-0.15, -0.1) is 0 Å². The fraction of sp³-hybridized carbons (Fsp3) is 0.222. The molecule has 1 heterocycles. The van der Waals surface area contributed by atoms with E-state index in [0.717, 1.165) is 12.1 Å². The minimum absolute atomic E-state index is 0.0426. The third-order valence-electron chi connectivity index (χ3n) is 5.95. The van der Waals surface area contributed by atoms with Gasteiger partial charge in [-0.2, -0.15) is 13.2 Å². The Kier molecular flexibility index (Phi) is 7.47. The third-order valence-corrected chi connectivity index (χ3v) is 5.95. The van der Waals surface area contributed by atoms with Crippen molar-refractivity contribution >= 4 is 23.4 Å². The largest absolute Gasteiger partial charge is 0.406 e. The molecule has 2 N–H and O–H groups in total. The van der Waals surface area contributed by atoms with Gasteiger partial charge in [0.05, 0.1) is 12.1 Å². The topological polar surface area (TPSA) is 78.5 Å². The number of nitrogens with one attached hydrogen (secondary N) is 2. The molecule has 3 amide bonds. The Morgan fingerprint density at radius 2 is 1.55 bits per heavy atom. The van der Waals surface area contributed by atoms with Crippen molar-refractivity contribution in [3.63, 3.8) is 0 Å². The van der Waals surface area contributed by atoms with Crippen molar-refractivity contribution in [2.75, 3.05) is 11.4 Å². The molecule has 1 aliphatic rings.